The highest BCUT2D eigenvalue weighted by molar-refractivity contribution is 5.78. The van der Waals surface area contributed by atoms with E-state index in [4.69, 9.17) is 9.47 Å². The summed E-state index contributed by atoms with van der Waals surface area (Å²) in [4.78, 5) is 27.5. The molecular formula is C16H32N2O4. The van der Waals surface area contributed by atoms with Crippen LogP contribution < -0.4 is 0 Å². The van der Waals surface area contributed by atoms with Crippen LogP contribution in [0, 0.1) is 0 Å². The number of rotatable bonds is 13. The predicted molar refractivity (Wildman–Crippen MR) is 86.7 cm³/mol. The van der Waals surface area contributed by atoms with Crippen LogP contribution in [0.4, 0.5) is 0 Å². The number of methoxy groups -OCH3 is 1. The minimum Gasteiger partial charge on any atom is -0.466 e. The molecule has 0 bridgehead atoms. The first-order valence-electron chi connectivity index (χ1n) is 8.23. The van der Waals surface area contributed by atoms with E-state index in [1.165, 1.54) is 7.11 Å². The maximum absolute atomic E-state index is 12.0. The van der Waals surface area contributed by atoms with Gasteiger partial charge in [0.05, 0.1) is 13.0 Å². The Balaban J connectivity index is 4.18. The number of nitrogens with zero attached hydrogens (tertiary/aromatic N) is 2. The molecule has 0 radical (unpaired) electrons. The molecule has 6 heteroatoms. The summed E-state index contributed by atoms with van der Waals surface area (Å²) in [5, 5.41) is 0. The van der Waals surface area contributed by atoms with Gasteiger partial charge in [0, 0.05) is 20.2 Å². The molecule has 0 aromatic carbocycles. The van der Waals surface area contributed by atoms with Crippen LogP contribution in [0.1, 0.15) is 40.0 Å². The van der Waals surface area contributed by atoms with Gasteiger partial charge in [-0.25, -0.2) is 0 Å². The Labute approximate surface area is 134 Å². The monoisotopic (exact) mass is 316 g/mol. The van der Waals surface area contributed by atoms with Gasteiger partial charge in [-0.3, -0.25) is 9.59 Å². The summed E-state index contributed by atoms with van der Waals surface area (Å²) in [5.74, 6) is -0.338. The van der Waals surface area contributed by atoms with Gasteiger partial charge in [-0.05, 0) is 39.4 Å². The van der Waals surface area contributed by atoms with Crippen LogP contribution in [0.5, 0.6) is 0 Å². The van der Waals surface area contributed by atoms with Crippen molar-refractivity contribution >= 4 is 11.9 Å². The quantitative estimate of drug-likeness (QED) is 0.381. The Kier molecular flexibility index (Phi) is 12.8. The fourth-order valence-corrected chi connectivity index (χ4v) is 2.21. The van der Waals surface area contributed by atoms with Crippen molar-refractivity contribution in [3.63, 3.8) is 0 Å². The lowest BCUT2D eigenvalue weighted by molar-refractivity contribution is -0.144. The molecular weight excluding hydrogens is 284 g/mol. The summed E-state index contributed by atoms with van der Waals surface area (Å²) in [7, 11) is 1.50. The number of hydrogen-bond acceptors (Lipinski definition) is 5. The van der Waals surface area contributed by atoms with Crippen LogP contribution in [-0.4, -0.2) is 74.7 Å². The van der Waals surface area contributed by atoms with Crippen molar-refractivity contribution < 1.29 is 19.1 Å². The predicted octanol–water partition coefficient (Wildman–Crippen LogP) is 1.54. The number of hydrogen-bond donors (Lipinski definition) is 0. The molecule has 0 atom stereocenters. The van der Waals surface area contributed by atoms with E-state index in [0.717, 1.165) is 32.5 Å². The van der Waals surface area contributed by atoms with E-state index >= 15 is 0 Å². The van der Waals surface area contributed by atoms with Crippen LogP contribution in [0.2, 0.25) is 0 Å². The van der Waals surface area contributed by atoms with E-state index in [-0.39, 0.29) is 24.9 Å². The first-order chi connectivity index (χ1) is 10.6. The second-order valence-electron chi connectivity index (χ2n) is 5.10. The van der Waals surface area contributed by atoms with Crippen molar-refractivity contribution in [2.24, 2.45) is 0 Å². The molecule has 0 aliphatic rings. The van der Waals surface area contributed by atoms with Gasteiger partial charge in [0.15, 0.2) is 0 Å². The van der Waals surface area contributed by atoms with Crippen LogP contribution in [0.25, 0.3) is 0 Å². The minimum absolute atomic E-state index is 0.0544. The molecule has 0 N–H and O–H groups in total. The van der Waals surface area contributed by atoms with Crippen molar-refractivity contribution in [1.82, 2.24) is 9.80 Å². The Morgan fingerprint density at radius 2 is 1.59 bits per heavy atom. The number of carbonyl (C=O) groups excluding carboxylic acids is 2. The van der Waals surface area contributed by atoms with Crippen molar-refractivity contribution in [1.29, 1.82) is 0 Å². The van der Waals surface area contributed by atoms with Gasteiger partial charge in [-0.15, -0.1) is 0 Å². The number of esters is 1. The zero-order chi connectivity index (χ0) is 16.8. The van der Waals surface area contributed by atoms with Gasteiger partial charge in [-0.2, -0.15) is 0 Å². The summed E-state index contributed by atoms with van der Waals surface area (Å²) in [6.07, 6.45) is 2.20. The largest absolute Gasteiger partial charge is 0.466 e. The van der Waals surface area contributed by atoms with Crippen LogP contribution in [0.3, 0.4) is 0 Å². The van der Waals surface area contributed by atoms with E-state index in [2.05, 4.69) is 18.7 Å². The first-order valence-corrected chi connectivity index (χ1v) is 8.23. The summed E-state index contributed by atoms with van der Waals surface area (Å²) < 4.78 is 9.81. The molecule has 0 saturated heterocycles. The number of ether oxygens (including phenoxy) is 2. The van der Waals surface area contributed by atoms with Gasteiger partial charge in [0.2, 0.25) is 5.91 Å². The third-order valence-electron chi connectivity index (χ3n) is 3.56. The van der Waals surface area contributed by atoms with E-state index < -0.39 is 0 Å². The van der Waals surface area contributed by atoms with Gasteiger partial charge >= 0.3 is 5.97 Å². The van der Waals surface area contributed by atoms with Crippen molar-refractivity contribution in [2.75, 3.05) is 53.0 Å². The highest BCUT2D eigenvalue weighted by atomic mass is 16.5. The molecule has 0 saturated carbocycles. The molecule has 130 valence electrons. The Morgan fingerprint density at radius 1 is 0.955 bits per heavy atom. The number of carbonyl (C=O) groups is 2. The van der Waals surface area contributed by atoms with Crippen molar-refractivity contribution in [2.45, 2.75) is 40.0 Å². The van der Waals surface area contributed by atoms with Crippen LogP contribution >= 0.6 is 0 Å². The molecule has 22 heavy (non-hydrogen) atoms. The molecule has 0 aromatic heterocycles. The second-order valence-corrected chi connectivity index (χ2v) is 5.10. The maximum atomic E-state index is 12.0. The molecule has 0 aliphatic carbocycles. The third-order valence-corrected chi connectivity index (χ3v) is 3.56. The van der Waals surface area contributed by atoms with Gasteiger partial charge < -0.3 is 19.3 Å². The molecule has 0 heterocycles. The summed E-state index contributed by atoms with van der Waals surface area (Å²) in [6.45, 7) is 10.7. The lowest BCUT2D eigenvalue weighted by Crippen LogP contribution is -2.37. The lowest BCUT2D eigenvalue weighted by Gasteiger charge is -2.23. The molecule has 0 unspecified atom stereocenters. The molecule has 6 nitrogen and oxygen atoms in total. The van der Waals surface area contributed by atoms with E-state index in [9.17, 15) is 9.59 Å². The van der Waals surface area contributed by atoms with Crippen molar-refractivity contribution in [3.05, 3.63) is 0 Å². The standard InChI is InChI=1S/C16H32N2O4/c1-5-17(6-2)11-8-9-12-18(15(19)14-21-4)13-10-16(20)22-7-3/h5-14H2,1-4H3. The van der Waals surface area contributed by atoms with E-state index in [1.54, 1.807) is 11.8 Å². The zero-order valence-electron chi connectivity index (χ0n) is 14.6. The fraction of sp³-hybridized carbons (Fsp3) is 0.875. The fourth-order valence-electron chi connectivity index (χ4n) is 2.21. The van der Waals surface area contributed by atoms with Crippen LogP contribution in [-0.2, 0) is 19.1 Å². The van der Waals surface area contributed by atoms with Gasteiger partial charge in [0.1, 0.15) is 6.61 Å². The topological polar surface area (TPSA) is 59.1 Å². The normalized spacial score (nSPS) is 10.8. The Hall–Kier alpha value is -1.14. The molecule has 0 rings (SSSR count). The van der Waals surface area contributed by atoms with Crippen molar-refractivity contribution in [3.8, 4) is 0 Å². The number of unbranched alkanes of at least 4 members (excludes halogenated alkanes) is 1. The molecule has 0 spiro atoms. The summed E-state index contributed by atoms with van der Waals surface area (Å²) in [5.41, 5.74) is 0. The average Bonchev–Trinajstić information content (AvgIpc) is 2.50. The highest BCUT2D eigenvalue weighted by Crippen LogP contribution is 2.02. The first kappa shape index (κ1) is 20.9. The Bertz CT molecular complexity index is 307. The smallest absolute Gasteiger partial charge is 0.307 e. The molecule has 1 amide bonds. The average molecular weight is 316 g/mol. The van der Waals surface area contributed by atoms with E-state index in [0.29, 0.717) is 19.7 Å². The lowest BCUT2D eigenvalue weighted by atomic mass is 10.2. The third kappa shape index (κ3) is 9.73. The zero-order valence-corrected chi connectivity index (χ0v) is 14.6. The van der Waals surface area contributed by atoms with Gasteiger partial charge in [0.25, 0.3) is 0 Å². The maximum Gasteiger partial charge on any atom is 0.307 e. The second kappa shape index (κ2) is 13.5. The number of amides is 1. The van der Waals surface area contributed by atoms with Crippen LogP contribution in [0.15, 0.2) is 0 Å². The molecule has 0 aromatic rings. The molecule has 0 fully saturated rings. The molecule has 0 aliphatic heterocycles. The SMILES string of the molecule is CCOC(=O)CCN(CCCCN(CC)CC)C(=O)COC. The Morgan fingerprint density at radius 3 is 2.14 bits per heavy atom. The summed E-state index contributed by atoms with van der Waals surface area (Å²) in [6, 6.07) is 0. The van der Waals surface area contributed by atoms with Gasteiger partial charge in [-0.1, -0.05) is 13.8 Å². The summed E-state index contributed by atoms with van der Waals surface area (Å²) >= 11 is 0. The highest BCUT2D eigenvalue weighted by Gasteiger charge is 2.15. The minimum atomic E-state index is -0.263. The van der Waals surface area contributed by atoms with E-state index in [1.807, 2.05) is 0 Å².